The zero-order chi connectivity index (χ0) is 42.8. The van der Waals surface area contributed by atoms with Gasteiger partial charge in [-0.2, -0.15) is 0 Å². The number of phenolic OH excluding ortho intramolecular Hbond substituents is 2. The summed E-state index contributed by atoms with van der Waals surface area (Å²) in [5, 5.41) is 52.5. The lowest BCUT2D eigenvalue weighted by atomic mass is 10.1. The van der Waals surface area contributed by atoms with Crippen LogP contribution in [0, 0.1) is 0 Å². The van der Waals surface area contributed by atoms with E-state index in [1.807, 2.05) is 0 Å². The molecule has 18 nitrogen and oxygen atoms in total. The predicted octanol–water partition coefficient (Wildman–Crippen LogP) is 4.83. The molecule has 0 aliphatic carbocycles. The van der Waals surface area contributed by atoms with Crippen LogP contribution in [0.2, 0.25) is 0 Å². The number of anilines is 4. The maximum Gasteiger partial charge on any atom is 0.339 e. The predicted molar refractivity (Wildman–Crippen MR) is 214 cm³/mol. The van der Waals surface area contributed by atoms with Crippen molar-refractivity contribution in [3.05, 3.63) is 125 Å². The minimum atomic E-state index is -1.42. The average molecular weight is 805 g/mol. The van der Waals surface area contributed by atoms with Crippen LogP contribution in [0.15, 0.2) is 96.7 Å². The van der Waals surface area contributed by atoms with Gasteiger partial charge in [-0.25, -0.2) is 9.78 Å². The Morgan fingerprint density at radius 1 is 0.644 bits per heavy atom. The third kappa shape index (κ3) is 10.3. The van der Waals surface area contributed by atoms with E-state index in [4.69, 9.17) is 9.47 Å². The van der Waals surface area contributed by atoms with Crippen molar-refractivity contribution in [1.82, 2.24) is 10.3 Å². The molecular formula is C41H36N6O12. The third-order valence-electron chi connectivity index (χ3n) is 8.38. The first kappa shape index (κ1) is 41.7. The lowest BCUT2D eigenvalue weighted by Crippen LogP contribution is -2.33. The number of carboxylic acid groups (broad SMARTS) is 1. The summed E-state index contributed by atoms with van der Waals surface area (Å²) in [6.45, 7) is 1.23. The van der Waals surface area contributed by atoms with Gasteiger partial charge in [-0.3, -0.25) is 24.0 Å². The molecule has 5 aromatic rings. The number of nitrogens with one attached hydrogen (secondary N) is 5. The Kier molecular flexibility index (Phi) is 13.1. The molecule has 1 heterocycles. The van der Waals surface area contributed by atoms with Gasteiger partial charge in [0.25, 0.3) is 23.6 Å². The van der Waals surface area contributed by atoms with E-state index in [0.29, 0.717) is 11.3 Å². The number of benzene rings is 4. The molecule has 0 saturated heterocycles. The normalized spacial score (nSPS) is 10.8. The highest BCUT2D eigenvalue weighted by atomic mass is 16.5. The molecule has 9 N–H and O–H groups in total. The molecule has 0 atom stereocenters. The van der Waals surface area contributed by atoms with Gasteiger partial charge in [0.2, 0.25) is 5.91 Å². The van der Waals surface area contributed by atoms with E-state index in [0.717, 1.165) is 18.7 Å². The third-order valence-corrected chi connectivity index (χ3v) is 8.38. The summed E-state index contributed by atoms with van der Waals surface area (Å²) in [6.07, 6.45) is 2.83. The van der Waals surface area contributed by atoms with Crippen molar-refractivity contribution < 1.29 is 58.7 Å². The second-order valence-electron chi connectivity index (χ2n) is 12.4. The lowest BCUT2D eigenvalue weighted by Gasteiger charge is -2.16. The average Bonchev–Trinajstić information content (AvgIpc) is 3.21. The Balaban J connectivity index is 1.12. The molecule has 59 heavy (non-hydrogen) atoms. The van der Waals surface area contributed by atoms with Gasteiger partial charge in [0.05, 0.1) is 43.3 Å². The number of carboxylic acids is 1. The van der Waals surface area contributed by atoms with Crippen LogP contribution in [0.1, 0.15) is 53.9 Å². The largest absolute Gasteiger partial charge is 0.508 e. The van der Waals surface area contributed by atoms with Crippen molar-refractivity contribution in [1.29, 1.82) is 0 Å². The number of aromatic hydroxyl groups is 3. The molecule has 0 aliphatic heterocycles. The van der Waals surface area contributed by atoms with Gasteiger partial charge in [-0.05, 0) is 91.4 Å². The summed E-state index contributed by atoms with van der Waals surface area (Å²) in [5.74, 6) is -6.30. The SMILES string of the molecule is COc1c(NC(=O)c2ccc(NC(=O)c3ccc(NC(=O)CNC(=O)c4ccc(NC(=O)/C(C)=C/c5ccc(O)cc5)cc4)nc3)c(OC)c2O)ccc(C(=O)O)c1O. The standard InChI is InChI=1S/C41H36N6O12/c1-21(18-22-4-11-26(48)12-5-22)37(52)44-25-9-6-23(7-10-25)38(53)43-20-32(49)47-31-17-8-24(19-42-31)39(54)45-29-15-13-27(33(50)35(29)58-2)40(55)46-30-16-14-28(41(56)57)34(51)36(30)59-3/h4-19,48,50-51H,20H2,1-3H3,(H,43,53)(H,44,52)(H,45,54)(H,46,55)(H,56,57)(H,42,47,49)/b21-18+. The molecule has 0 aliphatic rings. The number of hydrogen-bond donors (Lipinski definition) is 9. The number of aromatic nitrogens is 1. The number of phenols is 3. The van der Waals surface area contributed by atoms with Crippen LogP contribution in [0.25, 0.3) is 6.08 Å². The smallest absolute Gasteiger partial charge is 0.339 e. The Labute approximate surface area is 335 Å². The molecule has 0 fully saturated rings. The summed E-state index contributed by atoms with van der Waals surface area (Å²) < 4.78 is 10.3. The number of ether oxygens (including phenoxy) is 2. The number of amides is 5. The Hall–Kier alpha value is -8.41. The molecule has 5 amide bonds. The highest BCUT2D eigenvalue weighted by Gasteiger charge is 2.24. The molecule has 18 heteroatoms. The molecule has 302 valence electrons. The molecule has 5 rings (SSSR count). The van der Waals surface area contributed by atoms with Crippen LogP contribution in [-0.4, -0.2) is 81.7 Å². The summed E-state index contributed by atoms with van der Waals surface area (Å²) in [5.41, 5.74) is 0.997. The summed E-state index contributed by atoms with van der Waals surface area (Å²) in [4.78, 5) is 79.3. The first-order chi connectivity index (χ1) is 28.2. The molecule has 0 unspecified atom stereocenters. The molecule has 0 bridgehead atoms. The van der Waals surface area contributed by atoms with E-state index < -0.39 is 53.2 Å². The van der Waals surface area contributed by atoms with Gasteiger partial charge < -0.3 is 56.5 Å². The maximum atomic E-state index is 13.1. The van der Waals surface area contributed by atoms with Crippen molar-refractivity contribution in [2.24, 2.45) is 0 Å². The Morgan fingerprint density at radius 2 is 1.22 bits per heavy atom. The second-order valence-corrected chi connectivity index (χ2v) is 12.4. The summed E-state index contributed by atoms with van der Waals surface area (Å²) >= 11 is 0. The lowest BCUT2D eigenvalue weighted by molar-refractivity contribution is -0.115. The monoisotopic (exact) mass is 804 g/mol. The number of pyridine rings is 1. The first-order valence-electron chi connectivity index (χ1n) is 17.3. The van der Waals surface area contributed by atoms with Gasteiger partial charge in [0.15, 0.2) is 23.0 Å². The Morgan fingerprint density at radius 3 is 1.80 bits per heavy atom. The van der Waals surface area contributed by atoms with E-state index in [2.05, 4.69) is 31.6 Å². The molecule has 0 saturated carbocycles. The minimum Gasteiger partial charge on any atom is -0.508 e. The quantitative estimate of drug-likeness (QED) is 0.0682. The van der Waals surface area contributed by atoms with Crippen molar-refractivity contribution >= 4 is 64.5 Å². The molecular weight excluding hydrogens is 768 g/mol. The van der Waals surface area contributed by atoms with Crippen LogP contribution in [0.3, 0.4) is 0 Å². The number of rotatable bonds is 14. The summed E-state index contributed by atoms with van der Waals surface area (Å²) in [7, 11) is 2.36. The first-order valence-corrected chi connectivity index (χ1v) is 17.3. The van der Waals surface area contributed by atoms with Gasteiger partial charge in [-0.1, -0.05) is 12.1 Å². The van der Waals surface area contributed by atoms with Gasteiger partial charge in [0.1, 0.15) is 17.1 Å². The van der Waals surface area contributed by atoms with E-state index in [9.17, 15) is 49.2 Å². The van der Waals surface area contributed by atoms with Crippen LogP contribution < -0.4 is 36.1 Å². The number of hydrogen-bond acceptors (Lipinski definition) is 12. The number of methoxy groups -OCH3 is 2. The molecule has 0 radical (unpaired) electrons. The molecule has 1 aromatic heterocycles. The number of carbonyl (C=O) groups is 6. The van der Waals surface area contributed by atoms with Crippen LogP contribution >= 0.6 is 0 Å². The van der Waals surface area contributed by atoms with Crippen molar-refractivity contribution in [3.63, 3.8) is 0 Å². The minimum absolute atomic E-state index is 0.0191. The van der Waals surface area contributed by atoms with Gasteiger partial charge >= 0.3 is 5.97 Å². The zero-order valence-electron chi connectivity index (χ0n) is 31.4. The van der Waals surface area contributed by atoms with Crippen LogP contribution in [-0.2, 0) is 9.59 Å². The molecule has 0 spiro atoms. The second kappa shape index (κ2) is 18.5. The van der Waals surface area contributed by atoms with E-state index in [1.54, 1.807) is 25.1 Å². The highest BCUT2D eigenvalue weighted by molar-refractivity contribution is 6.10. The highest BCUT2D eigenvalue weighted by Crippen LogP contribution is 2.40. The van der Waals surface area contributed by atoms with Gasteiger partial charge in [0, 0.05) is 23.0 Å². The molecule has 4 aromatic carbocycles. The van der Waals surface area contributed by atoms with E-state index in [1.165, 1.54) is 80.0 Å². The van der Waals surface area contributed by atoms with Crippen LogP contribution in [0.4, 0.5) is 22.9 Å². The number of carbonyl (C=O) groups excluding carboxylic acids is 5. The fourth-order valence-electron chi connectivity index (χ4n) is 5.36. The number of aromatic carboxylic acids is 1. The van der Waals surface area contributed by atoms with Crippen molar-refractivity contribution in [2.45, 2.75) is 6.92 Å². The topological polar surface area (TPSA) is 275 Å². The van der Waals surface area contributed by atoms with Crippen molar-refractivity contribution in [2.75, 3.05) is 42.0 Å². The maximum absolute atomic E-state index is 13.1. The fourth-order valence-corrected chi connectivity index (χ4v) is 5.36. The Bertz CT molecular complexity index is 2470. The van der Waals surface area contributed by atoms with E-state index in [-0.39, 0.29) is 57.0 Å². The van der Waals surface area contributed by atoms with Crippen LogP contribution in [0.5, 0.6) is 28.7 Å². The fraction of sp³-hybridized carbons (Fsp3) is 0.0976. The summed E-state index contributed by atoms with van der Waals surface area (Å²) in [6, 6.07) is 19.8. The number of nitrogens with zero attached hydrogens (tertiary/aromatic N) is 1. The van der Waals surface area contributed by atoms with Gasteiger partial charge in [-0.15, -0.1) is 0 Å². The van der Waals surface area contributed by atoms with Crippen molar-refractivity contribution in [3.8, 4) is 28.7 Å². The van der Waals surface area contributed by atoms with E-state index >= 15 is 0 Å². The zero-order valence-corrected chi connectivity index (χ0v) is 31.4.